The van der Waals surface area contributed by atoms with E-state index in [0.29, 0.717) is 11.3 Å². The van der Waals surface area contributed by atoms with Crippen LogP contribution in [0, 0.1) is 13.8 Å². The molecule has 0 bridgehead atoms. The minimum Gasteiger partial charge on any atom is -0.478 e. The van der Waals surface area contributed by atoms with E-state index in [1.165, 1.54) is 18.3 Å². The van der Waals surface area contributed by atoms with Gasteiger partial charge < -0.3 is 9.67 Å². The van der Waals surface area contributed by atoms with Gasteiger partial charge >= 0.3 is 5.97 Å². The number of fused-ring (bicyclic) bond motifs is 1. The molecule has 4 rings (SSSR count). The van der Waals surface area contributed by atoms with Crippen molar-refractivity contribution in [3.63, 3.8) is 0 Å². The summed E-state index contributed by atoms with van der Waals surface area (Å²) < 4.78 is 1.81. The molecule has 0 atom stereocenters. The number of amides is 1. The van der Waals surface area contributed by atoms with E-state index in [4.69, 9.17) is 0 Å². The van der Waals surface area contributed by atoms with Crippen molar-refractivity contribution in [3.05, 3.63) is 89.0 Å². The molecule has 154 valence electrons. The lowest BCUT2D eigenvalue weighted by atomic mass is 10.1. The Labute approximate surface area is 177 Å². The lowest BCUT2D eigenvalue weighted by Gasteiger charge is -2.14. The summed E-state index contributed by atoms with van der Waals surface area (Å²) >= 11 is 0. The van der Waals surface area contributed by atoms with Crippen LogP contribution in [-0.2, 0) is 0 Å². The second-order valence-corrected chi connectivity index (χ2v) is 6.99. The predicted molar refractivity (Wildman–Crippen MR) is 117 cm³/mol. The summed E-state index contributed by atoms with van der Waals surface area (Å²) in [6.45, 7) is 3.76. The first-order valence-electron chi connectivity index (χ1n) is 9.51. The molecule has 0 saturated heterocycles. The Bertz CT molecular complexity index is 1320. The van der Waals surface area contributed by atoms with Gasteiger partial charge in [-0.25, -0.2) is 10.2 Å². The molecule has 2 N–H and O–H groups in total. The van der Waals surface area contributed by atoms with E-state index in [1.54, 1.807) is 23.0 Å². The van der Waals surface area contributed by atoms with Crippen LogP contribution in [-0.4, -0.2) is 37.7 Å². The van der Waals surface area contributed by atoms with Gasteiger partial charge in [0.2, 0.25) is 0 Å². The van der Waals surface area contributed by atoms with Crippen molar-refractivity contribution >= 4 is 29.1 Å². The summed E-state index contributed by atoms with van der Waals surface area (Å²) in [4.78, 5) is 32.8. The Balaban J connectivity index is 1.59. The number of carboxylic acids is 1. The molecule has 2 aromatic carbocycles. The highest BCUT2D eigenvalue weighted by Crippen LogP contribution is 2.22. The van der Waals surface area contributed by atoms with Crippen molar-refractivity contribution in [3.8, 4) is 5.69 Å². The number of aromatic nitrogens is 3. The number of carbonyl (C=O) groups is 2. The number of hydrazone groups is 1. The van der Waals surface area contributed by atoms with Crippen LogP contribution < -0.4 is 5.43 Å². The van der Waals surface area contributed by atoms with Crippen molar-refractivity contribution in [2.24, 2.45) is 5.10 Å². The first-order valence-corrected chi connectivity index (χ1v) is 9.51. The third kappa shape index (κ3) is 4.04. The van der Waals surface area contributed by atoms with Crippen LogP contribution in [0.25, 0.3) is 16.7 Å². The highest BCUT2D eigenvalue weighted by molar-refractivity contribution is 5.99. The molecule has 0 aliphatic heterocycles. The summed E-state index contributed by atoms with van der Waals surface area (Å²) in [6.07, 6.45) is 4.74. The number of aryl methyl sites for hydroxylation is 2. The Morgan fingerprint density at radius 3 is 2.39 bits per heavy atom. The minimum atomic E-state index is -1.06. The van der Waals surface area contributed by atoms with E-state index >= 15 is 0 Å². The van der Waals surface area contributed by atoms with Gasteiger partial charge in [0.05, 0.1) is 28.5 Å². The Kier molecular flexibility index (Phi) is 5.28. The summed E-state index contributed by atoms with van der Waals surface area (Å²) in [7, 11) is 0. The molecule has 4 aromatic rings. The van der Waals surface area contributed by atoms with E-state index in [2.05, 4.69) is 20.5 Å². The molecule has 31 heavy (non-hydrogen) atoms. The minimum absolute atomic E-state index is 0.111. The van der Waals surface area contributed by atoms with Crippen molar-refractivity contribution in [1.82, 2.24) is 20.0 Å². The standard InChI is InChI=1S/C23H19N5O3/c1-14-3-4-15(2)28(14)21-12-17(6-7-18(21)23(30)31)22(29)27-26-13-16-5-8-19-20(11-16)25-10-9-24-19/h3-13H,1-2H3,(H,27,29)(H,30,31). The normalized spacial score (nSPS) is 11.2. The van der Waals surface area contributed by atoms with Gasteiger partial charge in [-0.05, 0) is 61.9 Å². The summed E-state index contributed by atoms with van der Waals surface area (Å²) in [6, 6.07) is 13.7. The maximum atomic E-state index is 12.6. The van der Waals surface area contributed by atoms with Crippen LogP contribution >= 0.6 is 0 Å². The van der Waals surface area contributed by atoms with Crippen molar-refractivity contribution in [2.45, 2.75) is 13.8 Å². The van der Waals surface area contributed by atoms with E-state index in [-0.39, 0.29) is 5.56 Å². The molecule has 1 amide bonds. The van der Waals surface area contributed by atoms with Gasteiger partial charge in [0, 0.05) is 29.3 Å². The average Bonchev–Trinajstić information content (AvgIpc) is 3.10. The molecule has 2 aromatic heterocycles. The van der Waals surface area contributed by atoms with Gasteiger partial charge in [-0.3, -0.25) is 14.8 Å². The fourth-order valence-electron chi connectivity index (χ4n) is 3.38. The number of rotatable bonds is 5. The van der Waals surface area contributed by atoms with Crippen molar-refractivity contribution in [1.29, 1.82) is 0 Å². The molecule has 8 heteroatoms. The second-order valence-electron chi connectivity index (χ2n) is 6.99. The van der Waals surface area contributed by atoms with Crippen LogP contribution in [0.4, 0.5) is 0 Å². The fraction of sp³-hybridized carbons (Fsp3) is 0.0870. The quantitative estimate of drug-likeness (QED) is 0.384. The smallest absolute Gasteiger partial charge is 0.337 e. The molecule has 0 aliphatic carbocycles. The Hall–Kier alpha value is -4.33. The molecule has 0 radical (unpaired) electrons. The van der Waals surface area contributed by atoms with Crippen molar-refractivity contribution < 1.29 is 14.7 Å². The summed E-state index contributed by atoms with van der Waals surface area (Å²) in [5.74, 6) is -1.51. The zero-order valence-corrected chi connectivity index (χ0v) is 16.9. The topological polar surface area (TPSA) is 109 Å². The van der Waals surface area contributed by atoms with Gasteiger partial charge in [-0.1, -0.05) is 6.07 Å². The van der Waals surface area contributed by atoms with Crippen LogP contribution in [0.5, 0.6) is 0 Å². The van der Waals surface area contributed by atoms with Gasteiger partial charge in [0.15, 0.2) is 0 Å². The summed E-state index contributed by atoms with van der Waals surface area (Å²) in [5, 5.41) is 13.6. The molecule has 2 heterocycles. The molecular formula is C23H19N5O3. The van der Waals surface area contributed by atoms with Gasteiger partial charge in [-0.2, -0.15) is 5.10 Å². The molecule has 0 fully saturated rings. The molecule has 0 aliphatic rings. The fourth-order valence-corrected chi connectivity index (χ4v) is 3.38. The van der Waals surface area contributed by atoms with Crippen LogP contribution in [0.15, 0.2) is 66.0 Å². The molecule has 0 spiro atoms. The van der Waals surface area contributed by atoms with Gasteiger partial charge in [0.25, 0.3) is 5.91 Å². The zero-order valence-electron chi connectivity index (χ0n) is 16.9. The number of carbonyl (C=O) groups excluding carboxylic acids is 1. The second kappa shape index (κ2) is 8.19. The Morgan fingerprint density at radius 1 is 0.968 bits per heavy atom. The first-order chi connectivity index (χ1) is 14.9. The third-order valence-corrected chi connectivity index (χ3v) is 4.88. The highest BCUT2D eigenvalue weighted by atomic mass is 16.4. The number of aromatic carboxylic acids is 1. The van der Waals surface area contributed by atoms with E-state index < -0.39 is 11.9 Å². The average molecular weight is 413 g/mol. The first kappa shape index (κ1) is 20.0. The number of benzene rings is 2. The van der Waals surface area contributed by atoms with Crippen LogP contribution in [0.2, 0.25) is 0 Å². The number of hydrogen-bond donors (Lipinski definition) is 2. The number of nitrogens with one attached hydrogen (secondary N) is 1. The highest BCUT2D eigenvalue weighted by Gasteiger charge is 2.17. The van der Waals surface area contributed by atoms with Gasteiger partial charge in [-0.15, -0.1) is 0 Å². The lowest BCUT2D eigenvalue weighted by Crippen LogP contribution is -2.19. The van der Waals surface area contributed by atoms with E-state index in [1.807, 2.05) is 44.2 Å². The zero-order chi connectivity index (χ0) is 22.0. The molecular weight excluding hydrogens is 394 g/mol. The lowest BCUT2D eigenvalue weighted by molar-refractivity contribution is 0.0696. The molecule has 0 saturated carbocycles. The summed E-state index contributed by atoms with van der Waals surface area (Å²) in [5.41, 5.74) is 7.32. The van der Waals surface area contributed by atoms with Gasteiger partial charge in [0.1, 0.15) is 0 Å². The van der Waals surface area contributed by atoms with Crippen molar-refractivity contribution in [2.75, 3.05) is 0 Å². The maximum Gasteiger partial charge on any atom is 0.337 e. The monoisotopic (exact) mass is 413 g/mol. The van der Waals surface area contributed by atoms with E-state index in [0.717, 1.165) is 28.0 Å². The van der Waals surface area contributed by atoms with E-state index in [9.17, 15) is 14.7 Å². The molecule has 0 unspecified atom stereocenters. The predicted octanol–water partition coefficient (Wildman–Crippen LogP) is 3.50. The molecule has 8 nitrogen and oxygen atoms in total. The van der Waals surface area contributed by atoms with Crippen LogP contribution in [0.3, 0.4) is 0 Å². The number of hydrogen-bond acceptors (Lipinski definition) is 5. The SMILES string of the molecule is Cc1ccc(C)n1-c1cc(C(=O)NN=Cc2ccc3nccnc3c2)ccc1C(=O)O. The number of nitrogens with zero attached hydrogens (tertiary/aromatic N) is 4. The Morgan fingerprint density at radius 2 is 1.68 bits per heavy atom. The maximum absolute atomic E-state index is 12.6. The third-order valence-electron chi connectivity index (χ3n) is 4.88. The largest absolute Gasteiger partial charge is 0.478 e. The van der Waals surface area contributed by atoms with Crippen LogP contribution in [0.1, 0.15) is 37.7 Å². The number of carboxylic acid groups (broad SMARTS) is 1.